The summed E-state index contributed by atoms with van der Waals surface area (Å²) >= 11 is 1.25. The summed E-state index contributed by atoms with van der Waals surface area (Å²) < 4.78 is 15.9. The highest BCUT2D eigenvalue weighted by Crippen LogP contribution is 2.31. The van der Waals surface area contributed by atoms with Gasteiger partial charge in [-0.15, -0.1) is 11.3 Å². The molecule has 38 heavy (non-hydrogen) atoms. The number of carbonyl (C=O) groups is 2. The number of aryl methyl sites for hydroxylation is 1. The lowest BCUT2D eigenvalue weighted by molar-refractivity contribution is -0.385. The van der Waals surface area contributed by atoms with Crippen LogP contribution in [0.15, 0.2) is 54.1 Å². The molecule has 0 aliphatic heterocycles. The largest absolute Gasteiger partial charge is 0.496 e. The molecular formula is C27H25N3O7S. The van der Waals surface area contributed by atoms with E-state index in [-0.39, 0.29) is 29.2 Å². The van der Waals surface area contributed by atoms with Crippen LogP contribution in [0.4, 0.5) is 10.7 Å². The molecule has 0 spiro atoms. The predicted molar refractivity (Wildman–Crippen MR) is 142 cm³/mol. The van der Waals surface area contributed by atoms with Crippen LogP contribution >= 0.6 is 11.3 Å². The van der Waals surface area contributed by atoms with Gasteiger partial charge in [0.05, 0.1) is 24.7 Å². The zero-order valence-corrected chi connectivity index (χ0v) is 21.8. The molecule has 10 nitrogen and oxygen atoms in total. The van der Waals surface area contributed by atoms with Crippen LogP contribution in [0.1, 0.15) is 39.7 Å². The van der Waals surface area contributed by atoms with Crippen molar-refractivity contribution in [2.24, 2.45) is 0 Å². The third-order valence-corrected chi connectivity index (χ3v) is 6.45. The summed E-state index contributed by atoms with van der Waals surface area (Å²) in [5, 5.41) is 23.9. The summed E-state index contributed by atoms with van der Waals surface area (Å²) in [5.41, 5.74) is 0.915. The van der Waals surface area contributed by atoms with Crippen molar-refractivity contribution in [1.82, 2.24) is 0 Å². The van der Waals surface area contributed by atoms with Gasteiger partial charge in [-0.05, 0) is 42.3 Å². The van der Waals surface area contributed by atoms with Gasteiger partial charge < -0.3 is 19.5 Å². The molecule has 196 valence electrons. The third-order valence-electron chi connectivity index (χ3n) is 5.34. The maximum atomic E-state index is 12.9. The van der Waals surface area contributed by atoms with Crippen molar-refractivity contribution < 1.29 is 28.7 Å². The van der Waals surface area contributed by atoms with E-state index in [1.54, 1.807) is 36.4 Å². The number of nitrogens with zero attached hydrogens (tertiary/aromatic N) is 2. The van der Waals surface area contributed by atoms with E-state index in [0.717, 1.165) is 17.7 Å². The maximum Gasteiger partial charge on any atom is 0.340 e. The Morgan fingerprint density at radius 1 is 1.16 bits per heavy atom. The fourth-order valence-corrected chi connectivity index (χ4v) is 4.68. The number of methoxy groups -OCH3 is 2. The Hall–Kier alpha value is -4.69. The van der Waals surface area contributed by atoms with Crippen LogP contribution in [0.3, 0.4) is 0 Å². The second-order valence-electron chi connectivity index (χ2n) is 7.91. The Morgan fingerprint density at radius 2 is 1.92 bits per heavy atom. The third kappa shape index (κ3) is 6.74. The number of para-hydroxylation sites is 2. The molecule has 0 aliphatic carbocycles. The van der Waals surface area contributed by atoms with Crippen LogP contribution in [0.2, 0.25) is 0 Å². The molecule has 1 aromatic heterocycles. The molecule has 1 N–H and O–H groups in total. The molecule has 0 radical (unpaired) electrons. The van der Waals surface area contributed by atoms with Crippen molar-refractivity contribution in [3.63, 3.8) is 0 Å². The Balaban J connectivity index is 1.86. The number of rotatable bonds is 11. The van der Waals surface area contributed by atoms with Crippen molar-refractivity contribution in [3.05, 3.63) is 85.8 Å². The fourth-order valence-electron chi connectivity index (χ4n) is 3.54. The number of nitro benzene ring substituents is 1. The summed E-state index contributed by atoms with van der Waals surface area (Å²) in [7, 11) is 2.73. The topological polar surface area (TPSA) is 141 Å². The van der Waals surface area contributed by atoms with E-state index < -0.39 is 16.8 Å². The molecule has 1 heterocycles. The number of hydrogen-bond acceptors (Lipinski definition) is 9. The summed E-state index contributed by atoms with van der Waals surface area (Å²) in [6, 6.07) is 14.5. The molecular weight excluding hydrogens is 510 g/mol. The molecule has 0 bridgehead atoms. The number of nitro groups is 1. The first-order chi connectivity index (χ1) is 18.3. The number of benzene rings is 2. The Kier molecular flexibility index (Phi) is 9.56. The first-order valence-electron chi connectivity index (χ1n) is 11.5. The lowest BCUT2D eigenvalue weighted by Crippen LogP contribution is -2.15. The normalized spacial score (nSPS) is 10.8. The second kappa shape index (κ2) is 13.0. The highest BCUT2D eigenvalue weighted by Gasteiger charge is 2.20. The van der Waals surface area contributed by atoms with Gasteiger partial charge in [-0.1, -0.05) is 31.5 Å². The number of carbonyl (C=O) groups excluding carboxylic acids is 2. The van der Waals surface area contributed by atoms with Crippen molar-refractivity contribution >= 4 is 40.0 Å². The van der Waals surface area contributed by atoms with Crippen LogP contribution in [-0.2, 0) is 22.6 Å². The zero-order valence-electron chi connectivity index (χ0n) is 21.0. The number of nitrogens with one attached hydrogen (secondary N) is 1. The molecule has 3 rings (SSSR count). The average molecular weight is 536 g/mol. The van der Waals surface area contributed by atoms with E-state index >= 15 is 0 Å². The van der Waals surface area contributed by atoms with Crippen LogP contribution < -0.4 is 14.8 Å². The van der Waals surface area contributed by atoms with E-state index in [4.69, 9.17) is 14.2 Å². The van der Waals surface area contributed by atoms with E-state index in [1.807, 2.05) is 13.0 Å². The standard InChI is InChI=1S/C27H25N3O7S/c1-4-7-20-14-21(27(32)36-3)26(38-20)29-25(31)18(15-28)12-17-10-11-23(35-2)19(13-17)16-37-24-9-6-5-8-22(24)30(33)34/h5-6,8-14H,4,7,16H2,1-3H3,(H,29,31)/b18-12+. The molecule has 0 aliphatic rings. The zero-order chi connectivity index (χ0) is 27.7. The van der Waals surface area contributed by atoms with E-state index in [1.165, 1.54) is 43.8 Å². The maximum absolute atomic E-state index is 12.9. The van der Waals surface area contributed by atoms with Crippen LogP contribution in [0.25, 0.3) is 6.08 Å². The quantitative estimate of drug-likeness (QED) is 0.111. The van der Waals surface area contributed by atoms with Gasteiger partial charge in [0.15, 0.2) is 5.75 Å². The number of amides is 1. The summed E-state index contributed by atoms with van der Waals surface area (Å²) in [6.07, 6.45) is 2.98. The van der Waals surface area contributed by atoms with Crippen LogP contribution in [0, 0.1) is 21.4 Å². The van der Waals surface area contributed by atoms with Gasteiger partial charge in [0.2, 0.25) is 0 Å². The summed E-state index contributed by atoms with van der Waals surface area (Å²) in [5.74, 6) is -0.707. The molecule has 0 fully saturated rings. The van der Waals surface area contributed by atoms with Gasteiger partial charge in [0, 0.05) is 16.5 Å². The first-order valence-corrected chi connectivity index (χ1v) is 12.3. The highest BCUT2D eigenvalue weighted by atomic mass is 32.1. The second-order valence-corrected chi connectivity index (χ2v) is 9.04. The minimum absolute atomic E-state index is 0.0539. The molecule has 0 saturated carbocycles. The van der Waals surface area contributed by atoms with Gasteiger partial charge in [-0.25, -0.2) is 4.79 Å². The molecule has 1 amide bonds. The van der Waals surface area contributed by atoms with Crippen molar-refractivity contribution in [3.8, 4) is 17.6 Å². The molecule has 11 heteroatoms. The first kappa shape index (κ1) is 27.9. The van der Waals surface area contributed by atoms with Crippen LogP contribution in [-0.4, -0.2) is 31.0 Å². The molecule has 3 aromatic rings. The molecule has 0 saturated heterocycles. The van der Waals surface area contributed by atoms with Gasteiger partial charge in [0.1, 0.15) is 29.0 Å². The van der Waals surface area contributed by atoms with Crippen molar-refractivity contribution in [2.45, 2.75) is 26.4 Å². The van der Waals surface area contributed by atoms with E-state index in [2.05, 4.69) is 5.32 Å². The molecule has 2 aromatic carbocycles. The molecule has 0 unspecified atom stereocenters. The Bertz CT molecular complexity index is 1420. The minimum atomic E-state index is -0.684. The van der Waals surface area contributed by atoms with Gasteiger partial charge in [-0.2, -0.15) is 5.26 Å². The SMILES string of the molecule is CCCc1cc(C(=O)OC)c(NC(=O)/C(C#N)=C/c2ccc(OC)c(COc3ccccc3[N+](=O)[O-])c2)s1. The average Bonchev–Trinajstić information content (AvgIpc) is 3.32. The number of ether oxygens (including phenoxy) is 3. The monoisotopic (exact) mass is 535 g/mol. The van der Waals surface area contributed by atoms with Gasteiger partial charge in [-0.3, -0.25) is 14.9 Å². The van der Waals surface area contributed by atoms with E-state index in [9.17, 15) is 25.0 Å². The smallest absolute Gasteiger partial charge is 0.340 e. The van der Waals surface area contributed by atoms with E-state index in [0.29, 0.717) is 21.9 Å². The number of anilines is 1. The number of esters is 1. The molecule has 0 atom stereocenters. The Labute approximate surface area is 223 Å². The predicted octanol–water partition coefficient (Wildman–Crippen LogP) is 5.53. The minimum Gasteiger partial charge on any atom is -0.496 e. The van der Waals surface area contributed by atoms with Gasteiger partial charge >= 0.3 is 11.7 Å². The van der Waals surface area contributed by atoms with Crippen molar-refractivity contribution in [2.75, 3.05) is 19.5 Å². The highest BCUT2D eigenvalue weighted by molar-refractivity contribution is 7.16. The lowest BCUT2D eigenvalue weighted by atomic mass is 10.1. The van der Waals surface area contributed by atoms with Crippen molar-refractivity contribution in [1.29, 1.82) is 5.26 Å². The number of thiophene rings is 1. The summed E-state index contributed by atoms with van der Waals surface area (Å²) in [4.78, 5) is 36.8. The van der Waals surface area contributed by atoms with Gasteiger partial charge in [0.25, 0.3) is 5.91 Å². The lowest BCUT2D eigenvalue weighted by Gasteiger charge is -2.11. The fraction of sp³-hybridized carbons (Fsp3) is 0.222. The summed E-state index contributed by atoms with van der Waals surface area (Å²) in [6.45, 7) is 1.95. The number of nitriles is 1. The Morgan fingerprint density at radius 3 is 2.58 bits per heavy atom. The number of hydrogen-bond donors (Lipinski definition) is 1. The van der Waals surface area contributed by atoms with Crippen LogP contribution in [0.5, 0.6) is 11.5 Å².